The summed E-state index contributed by atoms with van der Waals surface area (Å²) in [7, 11) is 0. The van der Waals surface area contributed by atoms with E-state index in [9.17, 15) is 5.11 Å². The van der Waals surface area contributed by atoms with Gasteiger partial charge >= 0.3 is 0 Å². The van der Waals surface area contributed by atoms with Crippen LogP contribution in [0.5, 0.6) is 5.75 Å². The summed E-state index contributed by atoms with van der Waals surface area (Å²) in [6.07, 6.45) is 10.9. The van der Waals surface area contributed by atoms with Crippen molar-refractivity contribution in [2.24, 2.45) is 23.7 Å². The number of hydrogen-bond donors (Lipinski definition) is 1. The highest BCUT2D eigenvalue weighted by molar-refractivity contribution is 5.44. The summed E-state index contributed by atoms with van der Waals surface area (Å²) in [5.41, 5.74) is 3.48. The van der Waals surface area contributed by atoms with Gasteiger partial charge in [0.2, 0.25) is 0 Å². The molecule has 1 nitrogen and oxygen atoms in total. The molecule has 0 amide bonds. The van der Waals surface area contributed by atoms with Gasteiger partial charge in [-0.3, -0.25) is 0 Å². The van der Waals surface area contributed by atoms with Gasteiger partial charge in [0.25, 0.3) is 0 Å². The number of fused-ring (bicyclic) bond motifs is 1. The van der Waals surface area contributed by atoms with E-state index < -0.39 is 0 Å². The summed E-state index contributed by atoms with van der Waals surface area (Å²) in [5.74, 6) is 4.02. The fraction of sp³-hybridized carbons (Fsp3) is 0.714. The van der Waals surface area contributed by atoms with Gasteiger partial charge in [-0.2, -0.15) is 0 Å². The molecule has 3 aliphatic rings. The number of phenols is 1. The number of rotatable bonds is 2. The molecule has 0 saturated heterocycles. The summed E-state index contributed by atoms with van der Waals surface area (Å²) in [6.45, 7) is 4.84. The molecule has 0 aliphatic heterocycles. The van der Waals surface area contributed by atoms with Crippen molar-refractivity contribution >= 4 is 0 Å². The highest BCUT2D eigenvalue weighted by Gasteiger charge is 2.54. The van der Waals surface area contributed by atoms with Crippen LogP contribution in [0.1, 0.15) is 69.9 Å². The fourth-order valence-corrected chi connectivity index (χ4v) is 6.37. The Labute approximate surface area is 135 Å². The van der Waals surface area contributed by atoms with Crippen LogP contribution in [0.4, 0.5) is 0 Å². The van der Waals surface area contributed by atoms with Crippen molar-refractivity contribution in [3.63, 3.8) is 0 Å². The first-order valence-electron chi connectivity index (χ1n) is 9.48. The first-order valence-corrected chi connectivity index (χ1v) is 9.48. The summed E-state index contributed by atoms with van der Waals surface area (Å²) >= 11 is 0. The zero-order valence-electron chi connectivity index (χ0n) is 14.1. The van der Waals surface area contributed by atoms with E-state index in [1.54, 1.807) is 5.56 Å². The van der Waals surface area contributed by atoms with Crippen LogP contribution in [-0.4, -0.2) is 5.11 Å². The molecule has 3 aliphatic carbocycles. The van der Waals surface area contributed by atoms with E-state index in [4.69, 9.17) is 0 Å². The second kappa shape index (κ2) is 5.28. The second-order valence-corrected chi connectivity index (χ2v) is 8.31. The Balaban J connectivity index is 1.81. The lowest BCUT2D eigenvalue weighted by Crippen LogP contribution is -2.53. The number of hydrogen-bond acceptors (Lipinski definition) is 1. The van der Waals surface area contributed by atoms with E-state index in [-0.39, 0.29) is 0 Å². The third kappa shape index (κ3) is 1.97. The van der Waals surface area contributed by atoms with E-state index in [1.807, 2.05) is 6.07 Å². The standard InChI is InChI=1S/C21H30O/c1-3-14(2)17-9-11-21-10-5-4-6-19(21)18(17)12-15-7-8-16(22)13-20(15)21/h7-8,13-14,17-19,22H,3-6,9-12H2,1-2H3/t14-,17?,18?,19?,21?/m1/s1. The number of aromatic hydroxyl groups is 1. The topological polar surface area (TPSA) is 20.2 Å². The lowest BCUT2D eigenvalue weighted by molar-refractivity contribution is -0.00884. The first-order chi connectivity index (χ1) is 10.7. The molecule has 4 rings (SSSR count). The lowest BCUT2D eigenvalue weighted by Gasteiger charge is -2.59. The molecule has 22 heavy (non-hydrogen) atoms. The molecular weight excluding hydrogens is 268 g/mol. The normalized spacial score (nSPS) is 38.0. The largest absolute Gasteiger partial charge is 0.508 e. The Kier molecular flexibility index (Phi) is 3.51. The summed E-state index contributed by atoms with van der Waals surface area (Å²) < 4.78 is 0. The molecule has 120 valence electrons. The van der Waals surface area contributed by atoms with Gasteiger partial charge in [-0.15, -0.1) is 0 Å². The molecule has 1 N–H and O–H groups in total. The van der Waals surface area contributed by atoms with Crippen molar-refractivity contribution in [2.75, 3.05) is 0 Å². The van der Waals surface area contributed by atoms with Crippen molar-refractivity contribution in [1.29, 1.82) is 0 Å². The van der Waals surface area contributed by atoms with Crippen molar-refractivity contribution < 1.29 is 5.11 Å². The van der Waals surface area contributed by atoms with Crippen LogP contribution < -0.4 is 0 Å². The Morgan fingerprint density at radius 2 is 2.09 bits per heavy atom. The minimum Gasteiger partial charge on any atom is -0.508 e. The third-order valence-corrected chi connectivity index (χ3v) is 7.55. The number of phenolic OH excluding ortho intramolecular Hbond substituents is 1. The Bertz CT molecular complexity index is 563. The lowest BCUT2D eigenvalue weighted by atomic mass is 9.45. The monoisotopic (exact) mass is 298 g/mol. The summed E-state index contributed by atoms with van der Waals surface area (Å²) in [5, 5.41) is 10.1. The Morgan fingerprint density at radius 1 is 1.23 bits per heavy atom. The van der Waals surface area contributed by atoms with Crippen LogP contribution in [-0.2, 0) is 11.8 Å². The molecular formula is C21H30O. The van der Waals surface area contributed by atoms with Crippen molar-refractivity contribution in [1.82, 2.24) is 0 Å². The molecule has 0 aromatic heterocycles. The first kappa shape index (κ1) is 14.6. The van der Waals surface area contributed by atoms with Crippen molar-refractivity contribution in [3.05, 3.63) is 29.3 Å². The van der Waals surface area contributed by atoms with Crippen LogP contribution in [0.3, 0.4) is 0 Å². The predicted octanol–water partition coefficient (Wildman–Crippen LogP) is 5.45. The van der Waals surface area contributed by atoms with Crippen LogP contribution in [0.25, 0.3) is 0 Å². The molecule has 2 bridgehead atoms. The van der Waals surface area contributed by atoms with E-state index in [0.29, 0.717) is 11.2 Å². The average molecular weight is 298 g/mol. The van der Waals surface area contributed by atoms with Crippen LogP contribution in [0, 0.1) is 23.7 Å². The van der Waals surface area contributed by atoms with Crippen LogP contribution >= 0.6 is 0 Å². The Morgan fingerprint density at radius 3 is 2.91 bits per heavy atom. The van der Waals surface area contributed by atoms with E-state index in [1.165, 1.54) is 56.9 Å². The van der Waals surface area contributed by atoms with Gasteiger partial charge in [0.1, 0.15) is 5.75 Å². The van der Waals surface area contributed by atoms with Gasteiger partial charge in [0, 0.05) is 0 Å². The Hall–Kier alpha value is -0.980. The molecule has 2 fully saturated rings. The van der Waals surface area contributed by atoms with E-state index >= 15 is 0 Å². The van der Waals surface area contributed by atoms with Gasteiger partial charge in [-0.1, -0.05) is 39.2 Å². The maximum atomic E-state index is 10.1. The highest BCUT2D eigenvalue weighted by Crippen LogP contribution is 2.61. The zero-order valence-corrected chi connectivity index (χ0v) is 14.1. The summed E-state index contributed by atoms with van der Waals surface area (Å²) in [4.78, 5) is 0. The summed E-state index contributed by atoms with van der Waals surface area (Å²) in [6, 6.07) is 6.25. The van der Waals surface area contributed by atoms with Crippen molar-refractivity contribution in [2.45, 2.75) is 70.6 Å². The van der Waals surface area contributed by atoms with E-state index in [0.717, 1.165) is 23.7 Å². The number of benzene rings is 1. The molecule has 1 aromatic rings. The van der Waals surface area contributed by atoms with E-state index in [2.05, 4.69) is 26.0 Å². The van der Waals surface area contributed by atoms with Gasteiger partial charge < -0.3 is 5.11 Å². The predicted molar refractivity (Wildman–Crippen MR) is 91.1 cm³/mol. The maximum absolute atomic E-state index is 10.1. The van der Waals surface area contributed by atoms with Gasteiger partial charge in [-0.05, 0) is 84.5 Å². The van der Waals surface area contributed by atoms with Crippen LogP contribution in [0.15, 0.2) is 18.2 Å². The molecule has 5 atom stereocenters. The SMILES string of the molecule is CC[C@@H](C)C1CCC23CCCCC2C1Cc1ccc(O)cc13. The van der Waals surface area contributed by atoms with Gasteiger partial charge in [0.15, 0.2) is 0 Å². The average Bonchev–Trinajstić information content (AvgIpc) is 2.55. The minimum absolute atomic E-state index is 0.402. The van der Waals surface area contributed by atoms with Crippen LogP contribution in [0.2, 0.25) is 0 Å². The molecule has 1 aromatic carbocycles. The van der Waals surface area contributed by atoms with Crippen molar-refractivity contribution in [3.8, 4) is 5.75 Å². The fourth-order valence-electron chi connectivity index (χ4n) is 6.37. The molecule has 0 spiro atoms. The van der Waals surface area contributed by atoms with Gasteiger partial charge in [-0.25, -0.2) is 0 Å². The quantitative estimate of drug-likeness (QED) is 0.770. The van der Waals surface area contributed by atoms with Gasteiger partial charge in [0.05, 0.1) is 0 Å². The molecule has 2 saturated carbocycles. The smallest absolute Gasteiger partial charge is 0.115 e. The third-order valence-electron chi connectivity index (χ3n) is 7.55. The maximum Gasteiger partial charge on any atom is 0.115 e. The minimum atomic E-state index is 0.402. The molecule has 4 unspecified atom stereocenters. The highest BCUT2D eigenvalue weighted by atomic mass is 16.3. The zero-order chi connectivity index (χ0) is 15.3. The second-order valence-electron chi connectivity index (χ2n) is 8.31. The molecule has 0 heterocycles. The molecule has 1 heteroatoms. The molecule has 0 radical (unpaired) electrons.